The minimum Gasteiger partial charge on any atom is -0.310 e. The van der Waals surface area contributed by atoms with Gasteiger partial charge in [-0.25, -0.2) is 4.68 Å². The number of benzene rings is 1. The maximum absolute atomic E-state index is 6.42. The van der Waals surface area contributed by atoms with Crippen molar-refractivity contribution in [1.82, 2.24) is 15.1 Å². The molecule has 108 valence electrons. The second-order valence-corrected chi connectivity index (χ2v) is 5.90. The van der Waals surface area contributed by atoms with Gasteiger partial charge in [-0.1, -0.05) is 37.6 Å². The van der Waals surface area contributed by atoms with Crippen molar-refractivity contribution >= 4 is 11.6 Å². The summed E-state index contributed by atoms with van der Waals surface area (Å²) in [5, 5.41) is 8.81. The van der Waals surface area contributed by atoms with Gasteiger partial charge in [-0.2, -0.15) is 5.10 Å². The van der Waals surface area contributed by atoms with Gasteiger partial charge in [-0.15, -0.1) is 0 Å². The predicted molar refractivity (Wildman–Crippen MR) is 84.8 cm³/mol. The molecule has 0 amide bonds. The lowest BCUT2D eigenvalue weighted by Crippen LogP contribution is -2.23. The number of para-hydroxylation sites is 1. The van der Waals surface area contributed by atoms with Gasteiger partial charge in [0, 0.05) is 18.3 Å². The van der Waals surface area contributed by atoms with Gasteiger partial charge in [0.2, 0.25) is 0 Å². The van der Waals surface area contributed by atoms with Gasteiger partial charge in [0.1, 0.15) is 0 Å². The molecule has 0 atom stereocenters. The molecule has 0 unspecified atom stereocenters. The van der Waals surface area contributed by atoms with Gasteiger partial charge in [-0.05, 0) is 38.0 Å². The van der Waals surface area contributed by atoms with E-state index in [9.17, 15) is 0 Å². The molecule has 0 saturated heterocycles. The Hall–Kier alpha value is -1.32. The SMILES string of the molecule is Cc1nn(-c2c(Cl)cccc2CNC(C)C)c(C)c1C. The van der Waals surface area contributed by atoms with Crippen LogP contribution in [0.5, 0.6) is 0 Å². The summed E-state index contributed by atoms with van der Waals surface area (Å²) in [5.74, 6) is 0. The molecule has 3 nitrogen and oxygen atoms in total. The molecule has 0 fully saturated rings. The molecule has 1 heterocycles. The van der Waals surface area contributed by atoms with Crippen LogP contribution in [0, 0.1) is 20.8 Å². The van der Waals surface area contributed by atoms with Gasteiger partial charge >= 0.3 is 0 Å². The Bertz CT molecular complexity index is 614. The van der Waals surface area contributed by atoms with Crippen molar-refractivity contribution in [2.75, 3.05) is 0 Å². The molecular formula is C16H22ClN3. The first kappa shape index (κ1) is 15.1. The average Bonchev–Trinajstić information content (AvgIpc) is 2.64. The molecule has 0 aliphatic rings. The third-order valence-corrected chi connectivity index (χ3v) is 3.94. The van der Waals surface area contributed by atoms with E-state index in [-0.39, 0.29) is 0 Å². The smallest absolute Gasteiger partial charge is 0.0879 e. The topological polar surface area (TPSA) is 29.9 Å². The van der Waals surface area contributed by atoms with Crippen LogP contribution in [0.1, 0.15) is 36.4 Å². The minimum atomic E-state index is 0.434. The third-order valence-electron chi connectivity index (χ3n) is 3.64. The monoisotopic (exact) mass is 291 g/mol. The lowest BCUT2D eigenvalue weighted by Gasteiger charge is -2.15. The Labute approximate surface area is 126 Å². The summed E-state index contributed by atoms with van der Waals surface area (Å²) in [6.45, 7) is 11.3. The predicted octanol–water partition coefficient (Wildman–Crippen LogP) is 3.95. The summed E-state index contributed by atoms with van der Waals surface area (Å²) in [6, 6.07) is 6.44. The molecule has 20 heavy (non-hydrogen) atoms. The standard InChI is InChI=1S/C16H22ClN3/c1-10(2)18-9-14-7-6-8-15(17)16(14)20-13(5)11(3)12(4)19-20/h6-8,10,18H,9H2,1-5H3. The fourth-order valence-corrected chi connectivity index (χ4v) is 2.47. The number of hydrogen-bond donors (Lipinski definition) is 1. The van der Waals surface area contributed by atoms with E-state index in [1.165, 1.54) is 5.56 Å². The quantitative estimate of drug-likeness (QED) is 0.924. The van der Waals surface area contributed by atoms with Crippen molar-refractivity contribution in [2.45, 2.75) is 47.2 Å². The first-order chi connectivity index (χ1) is 9.41. The van der Waals surface area contributed by atoms with Crippen LogP contribution in [-0.2, 0) is 6.54 Å². The molecule has 0 bridgehead atoms. The Morgan fingerprint density at radius 1 is 1.25 bits per heavy atom. The van der Waals surface area contributed by atoms with Gasteiger partial charge < -0.3 is 5.32 Å². The molecule has 0 aliphatic carbocycles. The minimum absolute atomic E-state index is 0.434. The Morgan fingerprint density at radius 3 is 2.50 bits per heavy atom. The van der Waals surface area contributed by atoms with Crippen molar-refractivity contribution in [3.05, 3.63) is 45.7 Å². The zero-order valence-electron chi connectivity index (χ0n) is 12.8. The number of aromatic nitrogens is 2. The normalized spacial score (nSPS) is 11.3. The molecule has 2 rings (SSSR count). The van der Waals surface area contributed by atoms with E-state index in [0.717, 1.165) is 34.2 Å². The first-order valence-electron chi connectivity index (χ1n) is 6.95. The van der Waals surface area contributed by atoms with E-state index in [4.69, 9.17) is 11.6 Å². The molecular weight excluding hydrogens is 270 g/mol. The van der Waals surface area contributed by atoms with Crippen LogP contribution < -0.4 is 5.32 Å². The highest BCUT2D eigenvalue weighted by Gasteiger charge is 2.15. The van der Waals surface area contributed by atoms with Crippen molar-refractivity contribution < 1.29 is 0 Å². The van der Waals surface area contributed by atoms with Crippen molar-refractivity contribution in [1.29, 1.82) is 0 Å². The summed E-state index contributed by atoms with van der Waals surface area (Å²) >= 11 is 6.42. The number of halogens is 1. The van der Waals surface area contributed by atoms with Crippen LogP contribution in [0.2, 0.25) is 5.02 Å². The number of hydrogen-bond acceptors (Lipinski definition) is 2. The van der Waals surface area contributed by atoms with Gasteiger partial charge in [0.15, 0.2) is 0 Å². The molecule has 0 aliphatic heterocycles. The lowest BCUT2D eigenvalue weighted by atomic mass is 10.1. The van der Waals surface area contributed by atoms with Crippen LogP contribution >= 0.6 is 11.6 Å². The fourth-order valence-electron chi connectivity index (χ4n) is 2.19. The molecule has 1 aromatic carbocycles. The molecule has 0 radical (unpaired) electrons. The summed E-state index contributed by atoms with van der Waals surface area (Å²) in [6.07, 6.45) is 0. The molecule has 4 heteroatoms. The van der Waals surface area contributed by atoms with Gasteiger partial charge in [0.05, 0.1) is 16.4 Å². The Balaban J connectivity index is 2.51. The van der Waals surface area contributed by atoms with Crippen LogP contribution in [0.25, 0.3) is 5.69 Å². The summed E-state index contributed by atoms with van der Waals surface area (Å²) < 4.78 is 1.96. The van der Waals surface area contributed by atoms with Crippen LogP contribution in [0.4, 0.5) is 0 Å². The zero-order chi connectivity index (χ0) is 14.9. The third kappa shape index (κ3) is 2.89. The highest BCUT2D eigenvalue weighted by Crippen LogP contribution is 2.27. The molecule has 1 N–H and O–H groups in total. The fraction of sp³-hybridized carbons (Fsp3) is 0.438. The van der Waals surface area contributed by atoms with Gasteiger partial charge in [-0.3, -0.25) is 0 Å². The lowest BCUT2D eigenvalue weighted by molar-refractivity contribution is 0.586. The Kier molecular flexibility index (Phi) is 4.51. The van der Waals surface area contributed by atoms with E-state index >= 15 is 0 Å². The largest absolute Gasteiger partial charge is 0.310 e. The maximum atomic E-state index is 6.42. The number of nitrogens with zero attached hydrogens (tertiary/aromatic N) is 2. The highest BCUT2D eigenvalue weighted by molar-refractivity contribution is 6.32. The number of aryl methyl sites for hydroxylation is 1. The second-order valence-electron chi connectivity index (χ2n) is 5.49. The molecule has 0 spiro atoms. The van der Waals surface area contributed by atoms with Crippen molar-refractivity contribution in [2.24, 2.45) is 0 Å². The van der Waals surface area contributed by atoms with Gasteiger partial charge in [0.25, 0.3) is 0 Å². The second kappa shape index (κ2) is 5.98. The van der Waals surface area contributed by atoms with E-state index < -0.39 is 0 Å². The van der Waals surface area contributed by atoms with E-state index in [2.05, 4.69) is 44.2 Å². The summed E-state index contributed by atoms with van der Waals surface area (Å²) in [7, 11) is 0. The van der Waals surface area contributed by atoms with E-state index in [1.807, 2.05) is 23.7 Å². The summed E-state index contributed by atoms with van der Waals surface area (Å²) in [5.41, 5.74) is 5.55. The molecule has 2 aromatic rings. The average molecular weight is 292 g/mol. The number of rotatable bonds is 4. The summed E-state index contributed by atoms with van der Waals surface area (Å²) in [4.78, 5) is 0. The van der Waals surface area contributed by atoms with Crippen LogP contribution in [0.3, 0.4) is 0 Å². The van der Waals surface area contributed by atoms with Crippen LogP contribution in [0.15, 0.2) is 18.2 Å². The zero-order valence-corrected chi connectivity index (χ0v) is 13.5. The molecule has 1 aromatic heterocycles. The van der Waals surface area contributed by atoms with E-state index in [0.29, 0.717) is 6.04 Å². The maximum Gasteiger partial charge on any atom is 0.0879 e. The van der Waals surface area contributed by atoms with Crippen LogP contribution in [-0.4, -0.2) is 15.8 Å². The Morgan fingerprint density at radius 2 is 1.95 bits per heavy atom. The van der Waals surface area contributed by atoms with Crippen molar-refractivity contribution in [3.8, 4) is 5.69 Å². The highest BCUT2D eigenvalue weighted by atomic mass is 35.5. The number of nitrogens with one attached hydrogen (secondary N) is 1. The van der Waals surface area contributed by atoms with E-state index in [1.54, 1.807) is 0 Å². The molecule has 0 saturated carbocycles. The first-order valence-corrected chi connectivity index (χ1v) is 7.33. The van der Waals surface area contributed by atoms with Crippen molar-refractivity contribution in [3.63, 3.8) is 0 Å².